The van der Waals surface area contributed by atoms with Crippen molar-refractivity contribution in [3.05, 3.63) is 36.2 Å². The molecule has 2 fully saturated rings. The number of ether oxygens (including phenoxy) is 1. The summed E-state index contributed by atoms with van der Waals surface area (Å²) < 4.78 is 5.78. The normalized spacial score (nSPS) is 27.5. The summed E-state index contributed by atoms with van der Waals surface area (Å²) in [5.41, 5.74) is 3.20. The second-order valence-corrected chi connectivity index (χ2v) is 9.71. The van der Waals surface area contributed by atoms with Gasteiger partial charge < -0.3 is 24.6 Å². The van der Waals surface area contributed by atoms with Crippen LogP contribution in [0.2, 0.25) is 0 Å². The second-order valence-electron chi connectivity index (χ2n) is 9.71. The zero-order valence-electron chi connectivity index (χ0n) is 19.0. The Morgan fingerprint density at radius 1 is 1.21 bits per heavy atom. The third-order valence-corrected chi connectivity index (χ3v) is 7.59. The average molecular weight is 448 g/mol. The van der Waals surface area contributed by atoms with Crippen molar-refractivity contribution in [2.75, 3.05) is 29.6 Å². The highest BCUT2D eigenvalue weighted by atomic mass is 16.5. The summed E-state index contributed by atoms with van der Waals surface area (Å²) in [4.78, 5) is 31.0. The lowest BCUT2D eigenvalue weighted by Gasteiger charge is -2.52. The van der Waals surface area contributed by atoms with Crippen LogP contribution >= 0.6 is 0 Å². The van der Waals surface area contributed by atoms with Crippen LogP contribution in [0.4, 0.5) is 11.5 Å². The summed E-state index contributed by atoms with van der Waals surface area (Å²) in [7, 11) is 0. The number of fused-ring (bicyclic) bond motifs is 4. The predicted molar refractivity (Wildman–Crippen MR) is 126 cm³/mol. The number of carbonyl (C=O) groups excluding carboxylic acids is 1. The van der Waals surface area contributed by atoms with Crippen LogP contribution in [0.5, 0.6) is 0 Å². The zero-order valence-corrected chi connectivity index (χ0v) is 19.0. The lowest BCUT2D eigenvalue weighted by Crippen LogP contribution is -2.68. The molecule has 33 heavy (non-hydrogen) atoms. The van der Waals surface area contributed by atoms with Crippen molar-refractivity contribution in [3.63, 3.8) is 0 Å². The second kappa shape index (κ2) is 7.53. The SMILES string of the molecule is Cc1ccc(-c2ncc3c(n2)N2CCOC[C@@]2(C)C(=O)N3C2CCC(O)CC2)c2cc[nH]c12. The lowest BCUT2D eigenvalue weighted by molar-refractivity contribution is -0.128. The molecule has 3 aromatic rings. The quantitative estimate of drug-likeness (QED) is 0.627. The number of aromatic amines is 1. The number of nitrogens with one attached hydrogen (secondary N) is 1. The minimum atomic E-state index is -0.802. The number of aliphatic hydroxyl groups excluding tert-OH is 1. The molecule has 2 N–H and O–H groups in total. The number of morpholine rings is 1. The molecular weight excluding hydrogens is 418 g/mol. The van der Waals surface area contributed by atoms with Gasteiger partial charge in [-0.15, -0.1) is 0 Å². The molecule has 1 aromatic carbocycles. The summed E-state index contributed by atoms with van der Waals surface area (Å²) in [6, 6.07) is 6.24. The maximum Gasteiger partial charge on any atom is 0.255 e. The Morgan fingerprint density at radius 2 is 2.03 bits per heavy atom. The maximum atomic E-state index is 13.8. The number of anilines is 2. The molecule has 1 amide bonds. The highest BCUT2D eigenvalue weighted by Gasteiger charge is 2.52. The van der Waals surface area contributed by atoms with Gasteiger partial charge in [0.1, 0.15) is 11.2 Å². The molecule has 1 saturated carbocycles. The first-order chi connectivity index (χ1) is 16.0. The molecule has 3 aliphatic rings. The molecule has 2 aliphatic heterocycles. The van der Waals surface area contributed by atoms with E-state index < -0.39 is 5.54 Å². The molecule has 6 rings (SSSR count). The molecule has 8 nitrogen and oxygen atoms in total. The van der Waals surface area contributed by atoms with Gasteiger partial charge in [0.15, 0.2) is 11.6 Å². The van der Waals surface area contributed by atoms with Gasteiger partial charge in [0, 0.05) is 35.2 Å². The van der Waals surface area contributed by atoms with Crippen LogP contribution in [0.15, 0.2) is 30.6 Å². The van der Waals surface area contributed by atoms with Gasteiger partial charge in [-0.25, -0.2) is 9.97 Å². The molecular formula is C25H29N5O3. The average Bonchev–Trinajstić information content (AvgIpc) is 3.32. The molecule has 4 heterocycles. The summed E-state index contributed by atoms with van der Waals surface area (Å²) in [6.45, 7) is 5.55. The van der Waals surface area contributed by atoms with Crippen LogP contribution in [0.3, 0.4) is 0 Å². The molecule has 1 saturated heterocycles. The van der Waals surface area contributed by atoms with Gasteiger partial charge in [-0.1, -0.05) is 12.1 Å². The van der Waals surface area contributed by atoms with E-state index in [1.807, 2.05) is 24.2 Å². The number of hydrogen-bond donors (Lipinski definition) is 2. The van der Waals surface area contributed by atoms with Gasteiger partial charge in [0.2, 0.25) is 0 Å². The van der Waals surface area contributed by atoms with Crippen molar-refractivity contribution >= 4 is 28.3 Å². The Labute approximate surface area is 192 Å². The Balaban J connectivity index is 1.50. The first kappa shape index (κ1) is 20.6. The molecule has 172 valence electrons. The molecule has 1 aliphatic carbocycles. The third kappa shape index (κ3) is 3.08. The fourth-order valence-corrected chi connectivity index (χ4v) is 5.68. The van der Waals surface area contributed by atoms with E-state index in [4.69, 9.17) is 14.7 Å². The summed E-state index contributed by atoms with van der Waals surface area (Å²) in [6.07, 6.45) is 6.42. The van der Waals surface area contributed by atoms with E-state index in [1.54, 1.807) is 0 Å². The fraction of sp³-hybridized carbons (Fsp3) is 0.480. The molecule has 0 spiro atoms. The van der Waals surface area contributed by atoms with Crippen LogP contribution in [0.25, 0.3) is 22.3 Å². The number of carbonyl (C=O) groups is 1. The van der Waals surface area contributed by atoms with E-state index >= 15 is 0 Å². The number of amides is 1. The van der Waals surface area contributed by atoms with E-state index in [-0.39, 0.29) is 18.1 Å². The van der Waals surface area contributed by atoms with E-state index in [1.165, 1.54) is 5.56 Å². The summed E-state index contributed by atoms with van der Waals surface area (Å²) >= 11 is 0. The molecule has 0 bridgehead atoms. The minimum absolute atomic E-state index is 0.0331. The largest absolute Gasteiger partial charge is 0.393 e. The number of H-pyrrole nitrogens is 1. The number of nitrogens with zero attached hydrogens (tertiary/aromatic N) is 4. The molecule has 2 aromatic heterocycles. The van der Waals surface area contributed by atoms with Gasteiger partial charge in [0.25, 0.3) is 5.91 Å². The topological polar surface area (TPSA) is 94.6 Å². The summed E-state index contributed by atoms with van der Waals surface area (Å²) in [5.74, 6) is 1.48. The molecule has 0 radical (unpaired) electrons. The van der Waals surface area contributed by atoms with Crippen LogP contribution in [-0.4, -0.2) is 63.4 Å². The van der Waals surface area contributed by atoms with E-state index in [0.717, 1.165) is 40.8 Å². The van der Waals surface area contributed by atoms with E-state index in [2.05, 4.69) is 35.0 Å². The fourth-order valence-electron chi connectivity index (χ4n) is 5.68. The van der Waals surface area contributed by atoms with Crippen molar-refractivity contribution in [2.45, 2.75) is 57.2 Å². The van der Waals surface area contributed by atoms with Crippen molar-refractivity contribution < 1.29 is 14.6 Å². The lowest BCUT2D eigenvalue weighted by atomic mass is 9.87. The minimum Gasteiger partial charge on any atom is -0.393 e. The van der Waals surface area contributed by atoms with Crippen molar-refractivity contribution in [1.29, 1.82) is 0 Å². The number of benzene rings is 1. The standard InChI is InChI=1S/C25H29N5O3/c1-15-3-8-19(18-9-10-26-21(15)18)22-27-13-20-23(28-22)29-11-12-33-14-25(29,2)24(32)30(20)16-4-6-17(31)7-5-16/h3,8-10,13,16-17,26,31H,4-7,11-12,14H2,1-2H3/t16?,17?,25-/m0/s1. The predicted octanol–water partition coefficient (Wildman–Crippen LogP) is 3.18. The molecule has 8 heteroatoms. The number of hydrogen-bond acceptors (Lipinski definition) is 6. The van der Waals surface area contributed by atoms with Gasteiger partial charge in [-0.3, -0.25) is 4.79 Å². The van der Waals surface area contributed by atoms with Crippen molar-refractivity contribution in [2.24, 2.45) is 0 Å². The number of aliphatic hydroxyl groups is 1. The number of aryl methyl sites for hydroxylation is 1. The third-order valence-electron chi connectivity index (χ3n) is 7.59. The van der Waals surface area contributed by atoms with E-state index in [0.29, 0.717) is 38.4 Å². The van der Waals surface area contributed by atoms with Crippen molar-refractivity contribution in [1.82, 2.24) is 15.0 Å². The Morgan fingerprint density at radius 3 is 2.85 bits per heavy atom. The Bertz CT molecular complexity index is 1230. The van der Waals surface area contributed by atoms with Gasteiger partial charge >= 0.3 is 0 Å². The zero-order chi connectivity index (χ0) is 22.7. The molecule has 1 atom stereocenters. The first-order valence-electron chi connectivity index (χ1n) is 11.8. The van der Waals surface area contributed by atoms with Gasteiger partial charge in [-0.05, 0) is 51.2 Å². The smallest absolute Gasteiger partial charge is 0.255 e. The molecule has 0 unspecified atom stereocenters. The Kier molecular flexibility index (Phi) is 4.71. The van der Waals surface area contributed by atoms with Crippen LogP contribution in [0.1, 0.15) is 38.2 Å². The highest BCUT2D eigenvalue weighted by molar-refractivity contribution is 6.08. The number of aromatic nitrogens is 3. The maximum absolute atomic E-state index is 13.8. The van der Waals surface area contributed by atoms with Gasteiger partial charge in [-0.2, -0.15) is 0 Å². The first-order valence-corrected chi connectivity index (χ1v) is 11.8. The van der Waals surface area contributed by atoms with Crippen LogP contribution in [-0.2, 0) is 9.53 Å². The van der Waals surface area contributed by atoms with Crippen LogP contribution < -0.4 is 9.80 Å². The van der Waals surface area contributed by atoms with Crippen LogP contribution in [0, 0.1) is 6.92 Å². The van der Waals surface area contributed by atoms with Gasteiger partial charge in [0.05, 0.1) is 25.5 Å². The van der Waals surface area contributed by atoms with E-state index in [9.17, 15) is 9.90 Å². The monoisotopic (exact) mass is 447 g/mol. The highest BCUT2D eigenvalue weighted by Crippen LogP contribution is 2.44. The Hall–Kier alpha value is -2.97. The summed E-state index contributed by atoms with van der Waals surface area (Å²) in [5, 5.41) is 11.1. The number of rotatable bonds is 2. The van der Waals surface area contributed by atoms with Crippen molar-refractivity contribution in [3.8, 4) is 11.4 Å².